The van der Waals surface area contributed by atoms with Gasteiger partial charge in [0, 0.05) is 6.07 Å². The van der Waals surface area contributed by atoms with E-state index in [2.05, 4.69) is 20.9 Å². The molecule has 70 valence electrons. The Hall–Kier alpha value is -0.810. The van der Waals surface area contributed by atoms with Gasteiger partial charge in [-0.15, -0.1) is 0 Å². The van der Waals surface area contributed by atoms with Crippen LogP contribution in [0.2, 0.25) is 5.02 Å². The van der Waals surface area contributed by atoms with Crippen LogP contribution in [0.4, 0.5) is 10.1 Å². The topological polar surface area (TPSA) is 64.4 Å². The molecular weight excluding hydrogens is 260 g/mol. The zero-order valence-electron chi connectivity index (χ0n) is 6.39. The zero-order chi connectivity index (χ0) is 10.0. The summed E-state index contributed by atoms with van der Waals surface area (Å²) < 4.78 is 13.2. The van der Waals surface area contributed by atoms with Gasteiger partial charge in [-0.3, -0.25) is 0 Å². The van der Waals surface area contributed by atoms with Crippen LogP contribution in [0.15, 0.2) is 21.6 Å². The summed E-state index contributed by atoms with van der Waals surface area (Å²) in [6.45, 7) is 0. The van der Waals surface area contributed by atoms with E-state index >= 15 is 0 Å². The normalized spacial score (nSPS) is 9.77. The van der Waals surface area contributed by atoms with Crippen LogP contribution in [0.5, 0.6) is 0 Å². The van der Waals surface area contributed by atoms with Crippen molar-refractivity contribution in [3.63, 3.8) is 0 Å². The lowest BCUT2D eigenvalue weighted by atomic mass is 10.3. The van der Waals surface area contributed by atoms with Crippen LogP contribution in [0.3, 0.4) is 0 Å². The molecule has 3 nitrogen and oxygen atoms in total. The first-order chi connectivity index (χ1) is 6.00. The van der Waals surface area contributed by atoms with E-state index in [1.54, 1.807) is 0 Å². The Balaban J connectivity index is 3.21. The summed E-state index contributed by atoms with van der Waals surface area (Å²) in [5, 5.41) is 0.222. The molecule has 0 aliphatic heterocycles. The van der Waals surface area contributed by atoms with Crippen molar-refractivity contribution in [2.24, 2.45) is 16.5 Å². The predicted molar refractivity (Wildman–Crippen MR) is 54.6 cm³/mol. The fraction of sp³-hybridized carbons (Fsp3) is 0. The molecular formula is C7H6BrClFN3. The van der Waals surface area contributed by atoms with Gasteiger partial charge in [-0.2, -0.15) is 0 Å². The van der Waals surface area contributed by atoms with E-state index in [9.17, 15) is 4.39 Å². The smallest absolute Gasteiger partial charge is 0.191 e. The van der Waals surface area contributed by atoms with Crippen LogP contribution >= 0.6 is 27.5 Å². The number of nitrogens with zero attached hydrogens (tertiary/aromatic N) is 1. The Morgan fingerprint density at radius 1 is 1.46 bits per heavy atom. The Labute approximate surface area is 87.7 Å². The van der Waals surface area contributed by atoms with E-state index in [4.69, 9.17) is 23.1 Å². The number of hydrogen-bond acceptors (Lipinski definition) is 1. The third kappa shape index (κ3) is 2.57. The summed E-state index contributed by atoms with van der Waals surface area (Å²) in [6, 6.07) is 2.63. The zero-order valence-corrected chi connectivity index (χ0v) is 8.73. The fourth-order valence-electron chi connectivity index (χ4n) is 0.756. The summed E-state index contributed by atoms with van der Waals surface area (Å²) in [4.78, 5) is 3.65. The SMILES string of the molecule is NC(N)=Nc1cc(F)c(Br)c(Cl)c1. The standard InChI is InChI=1S/C7H6BrClFN3/c8-6-4(9)1-3(2-5(6)10)13-7(11)12/h1-2H,(H4,11,12,13). The minimum Gasteiger partial charge on any atom is -0.370 e. The van der Waals surface area contributed by atoms with E-state index in [0.717, 1.165) is 0 Å². The van der Waals surface area contributed by atoms with Crippen LogP contribution in [0, 0.1) is 5.82 Å². The average molecular weight is 267 g/mol. The van der Waals surface area contributed by atoms with Gasteiger partial charge >= 0.3 is 0 Å². The minimum atomic E-state index is -0.507. The third-order valence-corrected chi connectivity index (χ3v) is 2.56. The van der Waals surface area contributed by atoms with Gasteiger partial charge in [-0.25, -0.2) is 9.38 Å². The molecule has 0 atom stereocenters. The predicted octanol–water partition coefficient (Wildman–Crippen LogP) is 2.15. The molecule has 0 amide bonds. The van der Waals surface area contributed by atoms with Crippen molar-refractivity contribution >= 4 is 39.2 Å². The van der Waals surface area contributed by atoms with E-state index in [1.807, 2.05) is 0 Å². The summed E-state index contributed by atoms with van der Waals surface area (Å²) in [5.74, 6) is -0.648. The van der Waals surface area contributed by atoms with Gasteiger partial charge in [0.1, 0.15) is 5.82 Å². The Bertz CT molecular complexity index is 340. The molecule has 1 aromatic rings. The van der Waals surface area contributed by atoms with Crippen molar-refractivity contribution in [3.8, 4) is 0 Å². The van der Waals surface area contributed by atoms with Crippen molar-refractivity contribution in [3.05, 3.63) is 27.4 Å². The molecule has 0 unspecified atom stereocenters. The van der Waals surface area contributed by atoms with E-state index in [0.29, 0.717) is 0 Å². The Morgan fingerprint density at radius 3 is 2.54 bits per heavy atom. The number of nitrogens with two attached hydrogens (primary N) is 2. The van der Waals surface area contributed by atoms with Crippen molar-refractivity contribution in [1.29, 1.82) is 0 Å². The van der Waals surface area contributed by atoms with Crippen molar-refractivity contribution in [1.82, 2.24) is 0 Å². The highest BCUT2D eigenvalue weighted by molar-refractivity contribution is 9.10. The minimum absolute atomic E-state index is 0.141. The Kier molecular flexibility index (Phi) is 3.11. The third-order valence-electron chi connectivity index (χ3n) is 1.23. The molecule has 0 aromatic heterocycles. The van der Waals surface area contributed by atoms with Gasteiger partial charge in [0.05, 0.1) is 15.2 Å². The molecule has 0 heterocycles. The number of benzene rings is 1. The van der Waals surface area contributed by atoms with Crippen molar-refractivity contribution in [2.75, 3.05) is 0 Å². The summed E-state index contributed by atoms with van der Waals surface area (Å²) >= 11 is 8.63. The van der Waals surface area contributed by atoms with Gasteiger partial charge in [0.2, 0.25) is 0 Å². The summed E-state index contributed by atoms with van der Waals surface area (Å²) in [5.41, 5.74) is 10.5. The summed E-state index contributed by atoms with van der Waals surface area (Å²) in [7, 11) is 0. The number of aliphatic imine (C=N–C) groups is 1. The van der Waals surface area contributed by atoms with E-state index in [1.165, 1.54) is 12.1 Å². The fourth-order valence-corrected chi connectivity index (χ4v) is 1.19. The molecule has 0 saturated heterocycles. The number of rotatable bonds is 1. The molecule has 1 rings (SSSR count). The quantitative estimate of drug-likeness (QED) is 0.465. The van der Waals surface area contributed by atoms with Crippen molar-refractivity contribution < 1.29 is 4.39 Å². The molecule has 6 heteroatoms. The first kappa shape index (κ1) is 10.3. The van der Waals surface area contributed by atoms with Crippen LogP contribution in [0.1, 0.15) is 0 Å². The molecule has 0 aliphatic rings. The first-order valence-corrected chi connectivity index (χ1v) is 4.42. The van der Waals surface area contributed by atoms with Crippen LogP contribution in [-0.4, -0.2) is 5.96 Å². The number of halogens is 3. The second kappa shape index (κ2) is 3.93. The highest BCUT2D eigenvalue weighted by atomic mass is 79.9. The first-order valence-electron chi connectivity index (χ1n) is 3.25. The van der Waals surface area contributed by atoms with Crippen LogP contribution < -0.4 is 11.5 Å². The maximum atomic E-state index is 13.0. The molecule has 0 radical (unpaired) electrons. The lowest BCUT2D eigenvalue weighted by molar-refractivity contribution is 0.621. The van der Waals surface area contributed by atoms with Crippen molar-refractivity contribution in [2.45, 2.75) is 0 Å². The second-order valence-electron chi connectivity index (χ2n) is 2.26. The average Bonchev–Trinajstić information content (AvgIpc) is 1.98. The largest absolute Gasteiger partial charge is 0.370 e. The monoisotopic (exact) mass is 265 g/mol. The summed E-state index contributed by atoms with van der Waals surface area (Å²) in [6.07, 6.45) is 0. The van der Waals surface area contributed by atoms with E-state index < -0.39 is 5.82 Å². The lowest BCUT2D eigenvalue weighted by Crippen LogP contribution is -2.21. The number of guanidine groups is 1. The second-order valence-corrected chi connectivity index (χ2v) is 3.46. The highest BCUT2D eigenvalue weighted by Crippen LogP contribution is 2.30. The Morgan fingerprint density at radius 2 is 2.08 bits per heavy atom. The molecule has 0 saturated carbocycles. The molecule has 4 N–H and O–H groups in total. The maximum Gasteiger partial charge on any atom is 0.191 e. The van der Waals surface area contributed by atoms with Gasteiger partial charge < -0.3 is 11.5 Å². The molecule has 0 spiro atoms. The van der Waals surface area contributed by atoms with Gasteiger partial charge in [0.15, 0.2) is 5.96 Å². The molecule has 13 heavy (non-hydrogen) atoms. The highest BCUT2D eigenvalue weighted by Gasteiger charge is 2.05. The molecule has 1 aromatic carbocycles. The molecule has 0 bridgehead atoms. The van der Waals surface area contributed by atoms with Gasteiger partial charge in [-0.1, -0.05) is 11.6 Å². The molecule has 0 fully saturated rings. The van der Waals surface area contributed by atoms with Crippen LogP contribution in [0.25, 0.3) is 0 Å². The lowest BCUT2D eigenvalue weighted by Gasteiger charge is -2.00. The van der Waals surface area contributed by atoms with E-state index in [-0.39, 0.29) is 21.1 Å². The van der Waals surface area contributed by atoms with Gasteiger partial charge in [-0.05, 0) is 22.0 Å². The molecule has 0 aliphatic carbocycles. The van der Waals surface area contributed by atoms with Crippen LogP contribution in [-0.2, 0) is 0 Å². The van der Waals surface area contributed by atoms with Gasteiger partial charge in [0.25, 0.3) is 0 Å². The maximum absolute atomic E-state index is 13.0. The number of hydrogen-bond donors (Lipinski definition) is 2.